The molecule has 0 spiro atoms. The molecule has 0 aromatic heterocycles. The largest absolute Gasteiger partial charge is 0.491 e. The Hall–Kier alpha value is -1.83. The van der Waals surface area contributed by atoms with Gasteiger partial charge in [0.2, 0.25) is 0 Å². The molecule has 0 heterocycles. The first-order valence-corrected chi connectivity index (χ1v) is 11.4. The van der Waals surface area contributed by atoms with E-state index >= 15 is 0 Å². The molecule has 2 atom stereocenters. The van der Waals surface area contributed by atoms with Crippen LogP contribution in [0.5, 0.6) is 5.75 Å². The Balaban J connectivity index is 1.87. The first-order chi connectivity index (χ1) is 14.2. The first-order valence-electron chi connectivity index (χ1n) is 11.4. The Kier molecular flexibility index (Phi) is 10.8. The minimum absolute atomic E-state index is 0.144. The van der Waals surface area contributed by atoms with Crippen LogP contribution in [-0.4, -0.2) is 12.8 Å². The van der Waals surface area contributed by atoms with E-state index in [9.17, 15) is 4.39 Å². The van der Waals surface area contributed by atoms with Gasteiger partial charge in [-0.25, -0.2) is 4.39 Å². The molecule has 2 rings (SSSR count). The molecule has 1 radical (unpaired) electrons. The lowest BCUT2D eigenvalue weighted by atomic mass is 9.89. The third-order valence-corrected chi connectivity index (χ3v) is 5.56. The van der Waals surface area contributed by atoms with Crippen molar-refractivity contribution in [2.75, 3.05) is 6.61 Å². The van der Waals surface area contributed by atoms with Gasteiger partial charge in [0.15, 0.2) is 0 Å². The van der Waals surface area contributed by atoms with Gasteiger partial charge >= 0.3 is 0 Å². The van der Waals surface area contributed by atoms with Crippen LogP contribution < -0.4 is 4.74 Å². The lowest BCUT2D eigenvalue weighted by Crippen LogP contribution is -2.12. The van der Waals surface area contributed by atoms with Gasteiger partial charge in [-0.3, -0.25) is 0 Å². The van der Waals surface area contributed by atoms with Crippen molar-refractivity contribution >= 4 is 0 Å². The van der Waals surface area contributed by atoms with E-state index in [1.54, 1.807) is 0 Å². The van der Waals surface area contributed by atoms with Crippen LogP contribution in [0.4, 0.5) is 4.39 Å². The predicted octanol–water partition coefficient (Wildman–Crippen LogP) is 8.54. The molecule has 1 nitrogen and oxygen atoms in total. The number of hydrogen-bond acceptors (Lipinski definition) is 1. The van der Waals surface area contributed by atoms with Crippen molar-refractivity contribution < 1.29 is 9.13 Å². The maximum atomic E-state index is 13.9. The molecule has 2 unspecified atom stereocenters. The van der Waals surface area contributed by atoms with Crippen molar-refractivity contribution in [3.8, 4) is 16.9 Å². The van der Waals surface area contributed by atoms with E-state index < -0.39 is 6.17 Å². The second kappa shape index (κ2) is 13.4. The molecule has 0 fully saturated rings. The second-order valence-corrected chi connectivity index (χ2v) is 8.03. The number of halogens is 1. The molecule has 0 aliphatic rings. The molecule has 0 aliphatic carbocycles. The lowest BCUT2D eigenvalue weighted by Gasteiger charge is -2.16. The van der Waals surface area contributed by atoms with Crippen LogP contribution in [0.1, 0.15) is 83.1 Å². The second-order valence-electron chi connectivity index (χ2n) is 8.03. The SMILES string of the molecule is [CH2]CCC(CCC)c1ccc(-c2ccc(OCC(F)CCCCCC)cc2)cc1. The fourth-order valence-electron chi connectivity index (χ4n) is 3.83. The van der Waals surface area contributed by atoms with Crippen LogP contribution in [0.2, 0.25) is 0 Å². The van der Waals surface area contributed by atoms with Gasteiger partial charge in [-0.2, -0.15) is 0 Å². The van der Waals surface area contributed by atoms with Crippen molar-refractivity contribution in [1.29, 1.82) is 0 Å². The molecule has 0 saturated carbocycles. The van der Waals surface area contributed by atoms with Gasteiger partial charge in [0.25, 0.3) is 0 Å². The summed E-state index contributed by atoms with van der Waals surface area (Å²) in [5.41, 5.74) is 3.76. The molecule has 0 bridgehead atoms. The fraction of sp³-hybridized carbons (Fsp3) is 0.519. The van der Waals surface area contributed by atoms with Crippen LogP contribution in [-0.2, 0) is 0 Å². The molecule has 159 valence electrons. The average Bonchev–Trinajstić information content (AvgIpc) is 2.76. The van der Waals surface area contributed by atoms with Crippen molar-refractivity contribution in [2.24, 2.45) is 0 Å². The van der Waals surface area contributed by atoms with Gasteiger partial charge in [-0.05, 0) is 54.0 Å². The summed E-state index contributed by atoms with van der Waals surface area (Å²) in [6.07, 6.45) is 8.68. The first kappa shape index (κ1) is 23.4. The summed E-state index contributed by atoms with van der Waals surface area (Å²) in [4.78, 5) is 0. The lowest BCUT2D eigenvalue weighted by molar-refractivity contribution is 0.184. The molecular formula is C27H38FO. The molecule has 0 N–H and O–H groups in total. The van der Waals surface area contributed by atoms with Crippen molar-refractivity contribution in [3.05, 3.63) is 61.0 Å². The minimum atomic E-state index is -0.881. The van der Waals surface area contributed by atoms with E-state index in [4.69, 9.17) is 4.74 Å². The summed E-state index contributed by atoms with van der Waals surface area (Å²) in [5.74, 6) is 1.35. The van der Waals surface area contributed by atoms with Gasteiger partial charge in [0.1, 0.15) is 18.5 Å². The smallest absolute Gasteiger partial charge is 0.134 e. The highest BCUT2D eigenvalue weighted by Gasteiger charge is 2.10. The summed E-state index contributed by atoms with van der Waals surface area (Å²) in [7, 11) is 0. The van der Waals surface area contributed by atoms with Crippen LogP contribution in [0.15, 0.2) is 48.5 Å². The number of hydrogen-bond donors (Lipinski definition) is 0. The van der Waals surface area contributed by atoms with Crippen LogP contribution in [0.3, 0.4) is 0 Å². The average molecular weight is 398 g/mol. The summed E-state index contributed by atoms with van der Waals surface area (Å²) in [6.45, 7) is 8.57. The van der Waals surface area contributed by atoms with Crippen molar-refractivity contribution in [3.63, 3.8) is 0 Å². The molecule has 2 heteroatoms. The maximum Gasteiger partial charge on any atom is 0.134 e. The van der Waals surface area contributed by atoms with Gasteiger partial charge < -0.3 is 4.74 Å². The van der Waals surface area contributed by atoms with Crippen LogP contribution in [0.25, 0.3) is 11.1 Å². The van der Waals surface area contributed by atoms with Crippen molar-refractivity contribution in [2.45, 2.75) is 83.7 Å². The number of benzene rings is 2. The van der Waals surface area contributed by atoms with E-state index in [-0.39, 0.29) is 6.61 Å². The zero-order valence-electron chi connectivity index (χ0n) is 18.3. The maximum absolute atomic E-state index is 13.9. The van der Waals surface area contributed by atoms with E-state index in [1.165, 1.54) is 36.8 Å². The Labute approximate surface area is 177 Å². The van der Waals surface area contributed by atoms with Gasteiger partial charge in [-0.15, -0.1) is 0 Å². The Morgan fingerprint density at radius 3 is 2.03 bits per heavy atom. The molecule has 29 heavy (non-hydrogen) atoms. The summed E-state index contributed by atoms with van der Waals surface area (Å²) in [5, 5.41) is 0. The molecule has 0 amide bonds. The third kappa shape index (κ3) is 8.20. The van der Waals surface area contributed by atoms with Crippen LogP contribution in [0, 0.1) is 6.92 Å². The van der Waals surface area contributed by atoms with Gasteiger partial charge in [0.05, 0.1) is 0 Å². The van der Waals surface area contributed by atoms with E-state index in [1.807, 2.05) is 12.1 Å². The Morgan fingerprint density at radius 1 is 0.793 bits per heavy atom. The monoisotopic (exact) mass is 397 g/mol. The number of rotatable bonds is 14. The fourth-order valence-corrected chi connectivity index (χ4v) is 3.83. The molecule has 2 aromatic carbocycles. The van der Waals surface area contributed by atoms with E-state index in [0.717, 1.165) is 37.0 Å². The quantitative estimate of drug-likeness (QED) is 0.290. The zero-order valence-corrected chi connectivity index (χ0v) is 18.3. The minimum Gasteiger partial charge on any atom is -0.491 e. The molecule has 0 aliphatic heterocycles. The molecule has 0 saturated heterocycles. The van der Waals surface area contributed by atoms with E-state index in [0.29, 0.717) is 12.3 Å². The highest BCUT2D eigenvalue weighted by atomic mass is 19.1. The topological polar surface area (TPSA) is 9.23 Å². The normalized spacial score (nSPS) is 12.3. The summed E-state index contributed by atoms with van der Waals surface area (Å²) in [6, 6.07) is 16.9. The Bertz CT molecular complexity index is 656. The Morgan fingerprint density at radius 2 is 1.45 bits per heavy atom. The van der Waals surface area contributed by atoms with Gasteiger partial charge in [0, 0.05) is 0 Å². The van der Waals surface area contributed by atoms with Gasteiger partial charge in [-0.1, -0.05) is 95.7 Å². The number of ether oxygens (including phenoxy) is 1. The summed E-state index contributed by atoms with van der Waals surface area (Å²) >= 11 is 0. The summed E-state index contributed by atoms with van der Waals surface area (Å²) < 4.78 is 19.6. The predicted molar refractivity (Wildman–Crippen MR) is 123 cm³/mol. The highest BCUT2D eigenvalue weighted by Crippen LogP contribution is 2.29. The highest BCUT2D eigenvalue weighted by molar-refractivity contribution is 5.64. The van der Waals surface area contributed by atoms with Crippen molar-refractivity contribution in [1.82, 2.24) is 0 Å². The van der Waals surface area contributed by atoms with E-state index in [2.05, 4.69) is 57.2 Å². The van der Waals surface area contributed by atoms with Crippen LogP contribution >= 0.6 is 0 Å². The molecule has 2 aromatic rings. The number of unbranched alkanes of at least 4 members (excludes halogenated alkanes) is 3. The molecular weight excluding hydrogens is 359 g/mol. The standard InChI is InChI=1S/C27H38FO/c1-4-7-8-9-12-26(28)21-29-27-19-17-25(18-20-27)24-15-13-23(14-16-24)22(10-5-2)11-6-3/h13-20,22,26H,2,4-12,21H2,1,3H3. The third-order valence-electron chi connectivity index (χ3n) is 5.56. The zero-order chi connectivity index (χ0) is 20.9. The number of alkyl halides is 1.